The molecule has 0 amide bonds. The Morgan fingerprint density at radius 2 is 1.68 bits per heavy atom. The van der Waals surface area contributed by atoms with Gasteiger partial charge in [-0.3, -0.25) is 4.31 Å². The van der Waals surface area contributed by atoms with E-state index in [0.29, 0.717) is 5.69 Å². The van der Waals surface area contributed by atoms with Gasteiger partial charge in [-0.1, -0.05) is 30.3 Å². The minimum atomic E-state index is -3.84. The van der Waals surface area contributed by atoms with Crippen molar-refractivity contribution in [1.82, 2.24) is 0 Å². The zero-order valence-electron chi connectivity index (χ0n) is 12.5. The number of nitrogens with zero attached hydrogens (tertiary/aromatic N) is 1. The van der Waals surface area contributed by atoms with E-state index < -0.39 is 16.1 Å². The fourth-order valence-corrected chi connectivity index (χ4v) is 3.83. The van der Waals surface area contributed by atoms with E-state index >= 15 is 0 Å². The van der Waals surface area contributed by atoms with Gasteiger partial charge in [-0.25, -0.2) is 8.42 Å². The van der Waals surface area contributed by atoms with Crippen molar-refractivity contribution in [2.24, 2.45) is 0 Å². The van der Waals surface area contributed by atoms with Gasteiger partial charge in [0, 0.05) is 0 Å². The number of rotatable bonds is 6. The number of benzene rings is 2. The molecular formula is C16H19NO4S. The third-order valence-electron chi connectivity index (χ3n) is 3.11. The maximum atomic E-state index is 13.0. The van der Waals surface area contributed by atoms with E-state index in [4.69, 9.17) is 4.74 Å². The number of ether oxygens (including phenoxy) is 1. The van der Waals surface area contributed by atoms with Crippen LogP contribution in [-0.4, -0.2) is 33.3 Å². The van der Waals surface area contributed by atoms with Crippen molar-refractivity contribution in [2.45, 2.75) is 17.9 Å². The first-order valence-corrected chi connectivity index (χ1v) is 8.29. The van der Waals surface area contributed by atoms with Crippen LogP contribution in [0.2, 0.25) is 0 Å². The lowest BCUT2D eigenvalue weighted by molar-refractivity contribution is 0.204. The molecule has 2 rings (SSSR count). The summed E-state index contributed by atoms with van der Waals surface area (Å²) in [7, 11) is -2.42. The number of hydrogen-bond donors (Lipinski definition) is 1. The van der Waals surface area contributed by atoms with Gasteiger partial charge in [0.05, 0.1) is 25.4 Å². The third kappa shape index (κ3) is 3.40. The molecule has 0 aromatic heterocycles. The van der Waals surface area contributed by atoms with Crippen molar-refractivity contribution < 1.29 is 18.3 Å². The second kappa shape index (κ2) is 6.81. The Kier molecular flexibility index (Phi) is 5.05. The van der Waals surface area contributed by atoms with Gasteiger partial charge in [-0.05, 0) is 31.2 Å². The van der Waals surface area contributed by atoms with Crippen molar-refractivity contribution in [1.29, 1.82) is 0 Å². The van der Waals surface area contributed by atoms with Gasteiger partial charge in [-0.15, -0.1) is 0 Å². The molecule has 1 N–H and O–H groups in total. The lowest BCUT2D eigenvalue weighted by Gasteiger charge is -2.26. The number of aliphatic hydroxyl groups excluding tert-OH is 1. The van der Waals surface area contributed by atoms with Crippen LogP contribution in [0.3, 0.4) is 0 Å². The number of methoxy groups -OCH3 is 1. The number of hydrogen-bond acceptors (Lipinski definition) is 4. The zero-order chi connectivity index (χ0) is 16.2. The van der Waals surface area contributed by atoms with Crippen LogP contribution in [0.15, 0.2) is 59.5 Å². The molecule has 0 spiro atoms. The van der Waals surface area contributed by atoms with E-state index in [1.165, 1.54) is 17.5 Å². The zero-order valence-corrected chi connectivity index (χ0v) is 13.3. The second-order valence-corrected chi connectivity index (χ2v) is 6.70. The van der Waals surface area contributed by atoms with Gasteiger partial charge in [0.15, 0.2) is 0 Å². The van der Waals surface area contributed by atoms with Crippen LogP contribution in [0.25, 0.3) is 0 Å². The topological polar surface area (TPSA) is 66.8 Å². The normalized spacial score (nSPS) is 12.7. The number of para-hydroxylation sites is 2. The Hall–Kier alpha value is -2.05. The minimum absolute atomic E-state index is 0.0373. The number of sulfonamides is 1. The largest absolute Gasteiger partial charge is 0.495 e. The molecular weight excluding hydrogens is 302 g/mol. The van der Waals surface area contributed by atoms with Crippen LogP contribution in [-0.2, 0) is 10.0 Å². The predicted octanol–water partition coefficient (Wildman–Crippen LogP) is 2.27. The summed E-state index contributed by atoms with van der Waals surface area (Å²) >= 11 is 0. The van der Waals surface area contributed by atoms with E-state index in [0.717, 1.165) is 0 Å². The van der Waals surface area contributed by atoms with E-state index in [9.17, 15) is 13.5 Å². The van der Waals surface area contributed by atoms with Crippen molar-refractivity contribution in [2.75, 3.05) is 18.0 Å². The van der Waals surface area contributed by atoms with Crippen LogP contribution < -0.4 is 9.04 Å². The Balaban J connectivity index is 2.55. The fourth-order valence-electron chi connectivity index (χ4n) is 2.13. The summed E-state index contributed by atoms with van der Waals surface area (Å²) in [4.78, 5) is 0.0713. The highest BCUT2D eigenvalue weighted by Crippen LogP contribution is 2.29. The van der Waals surface area contributed by atoms with Gasteiger partial charge in [0.2, 0.25) is 0 Å². The van der Waals surface area contributed by atoms with E-state index in [-0.39, 0.29) is 17.2 Å². The average Bonchev–Trinajstić information content (AvgIpc) is 2.53. The van der Waals surface area contributed by atoms with Crippen LogP contribution in [0.4, 0.5) is 5.69 Å². The Morgan fingerprint density at radius 3 is 2.27 bits per heavy atom. The van der Waals surface area contributed by atoms with Crippen LogP contribution in [0.5, 0.6) is 5.75 Å². The molecule has 0 saturated carbocycles. The molecule has 22 heavy (non-hydrogen) atoms. The Bertz CT molecular complexity index is 714. The molecule has 0 saturated heterocycles. The highest BCUT2D eigenvalue weighted by atomic mass is 32.2. The molecule has 0 bridgehead atoms. The van der Waals surface area contributed by atoms with Gasteiger partial charge >= 0.3 is 0 Å². The summed E-state index contributed by atoms with van der Waals surface area (Å²) in [5.74, 6) is 0.272. The first-order chi connectivity index (χ1) is 10.5. The van der Waals surface area contributed by atoms with Crippen LogP contribution in [0, 0.1) is 0 Å². The molecule has 0 aliphatic rings. The van der Waals surface area contributed by atoms with Gasteiger partial charge in [0.1, 0.15) is 10.6 Å². The monoisotopic (exact) mass is 321 g/mol. The summed E-state index contributed by atoms with van der Waals surface area (Å²) in [5, 5.41) is 9.68. The van der Waals surface area contributed by atoms with E-state index in [1.54, 1.807) is 55.5 Å². The predicted molar refractivity (Wildman–Crippen MR) is 85.6 cm³/mol. The van der Waals surface area contributed by atoms with Gasteiger partial charge in [0.25, 0.3) is 10.0 Å². The van der Waals surface area contributed by atoms with E-state index in [1.807, 2.05) is 0 Å². The summed E-state index contributed by atoms with van der Waals surface area (Å²) in [6.45, 7) is 1.51. The molecule has 1 atom stereocenters. The molecule has 0 radical (unpaired) electrons. The smallest absolute Gasteiger partial charge is 0.268 e. The van der Waals surface area contributed by atoms with Crippen molar-refractivity contribution in [3.63, 3.8) is 0 Å². The van der Waals surface area contributed by atoms with E-state index in [2.05, 4.69) is 0 Å². The van der Waals surface area contributed by atoms with Crippen LogP contribution >= 0.6 is 0 Å². The molecule has 6 heteroatoms. The second-order valence-electron chi connectivity index (χ2n) is 4.87. The maximum Gasteiger partial charge on any atom is 0.268 e. The Labute approximate surface area is 130 Å². The molecule has 2 aromatic carbocycles. The molecule has 0 aliphatic carbocycles. The van der Waals surface area contributed by atoms with Gasteiger partial charge in [-0.2, -0.15) is 0 Å². The summed E-state index contributed by atoms with van der Waals surface area (Å²) in [5.41, 5.74) is 0.495. The number of aliphatic hydroxyl groups is 1. The minimum Gasteiger partial charge on any atom is -0.495 e. The quantitative estimate of drug-likeness (QED) is 0.886. The molecule has 118 valence electrons. The molecule has 0 heterocycles. The fraction of sp³-hybridized carbons (Fsp3) is 0.250. The average molecular weight is 321 g/mol. The van der Waals surface area contributed by atoms with Crippen molar-refractivity contribution >= 4 is 15.7 Å². The molecule has 2 aromatic rings. The van der Waals surface area contributed by atoms with Gasteiger partial charge < -0.3 is 9.84 Å². The van der Waals surface area contributed by atoms with Crippen LogP contribution in [0.1, 0.15) is 6.92 Å². The lowest BCUT2D eigenvalue weighted by Crippen LogP contribution is -2.36. The molecule has 5 nitrogen and oxygen atoms in total. The summed E-state index contributed by atoms with van der Waals surface area (Å²) in [6, 6.07) is 15.1. The maximum absolute atomic E-state index is 13.0. The number of anilines is 1. The first kappa shape index (κ1) is 16.3. The first-order valence-electron chi connectivity index (χ1n) is 6.85. The third-order valence-corrected chi connectivity index (χ3v) is 4.94. The SMILES string of the molecule is COc1ccccc1S(=O)(=O)N(C[C@H](C)O)c1ccccc1. The highest BCUT2D eigenvalue weighted by molar-refractivity contribution is 7.93. The summed E-state index contributed by atoms with van der Waals surface area (Å²) in [6.07, 6.45) is -0.801. The molecule has 0 fully saturated rings. The lowest BCUT2D eigenvalue weighted by atomic mass is 10.3. The molecule has 0 aliphatic heterocycles. The highest BCUT2D eigenvalue weighted by Gasteiger charge is 2.28. The Morgan fingerprint density at radius 1 is 1.09 bits per heavy atom. The van der Waals surface area contributed by atoms with Crippen molar-refractivity contribution in [3.8, 4) is 5.75 Å². The summed E-state index contributed by atoms with van der Waals surface area (Å²) < 4.78 is 32.3. The molecule has 0 unspecified atom stereocenters. The van der Waals surface area contributed by atoms with Crippen molar-refractivity contribution in [3.05, 3.63) is 54.6 Å². The standard InChI is InChI=1S/C16H19NO4S/c1-13(18)12-17(14-8-4-3-5-9-14)22(19,20)16-11-7-6-10-15(16)21-2/h3-11,13,18H,12H2,1-2H3/t13-/m0/s1.